The molecule has 2 heterocycles. The molecule has 0 spiro atoms. The normalized spacial score (nSPS) is 28.5. The maximum Gasteiger partial charge on any atom is 0.306 e. The number of imide groups is 1. The van der Waals surface area contributed by atoms with E-state index in [9.17, 15) is 24.3 Å². The van der Waals surface area contributed by atoms with Crippen molar-refractivity contribution < 1.29 is 33.8 Å². The van der Waals surface area contributed by atoms with Gasteiger partial charge in [0.05, 0.1) is 12.0 Å². The maximum absolute atomic E-state index is 13.0. The Hall–Kier alpha value is -2.32. The molecule has 0 aliphatic carbocycles. The minimum absolute atomic E-state index is 0.0332. The number of Topliss-reactive ketones (excluding diaryl/α,β-unsaturated/α-hetero) is 1. The summed E-state index contributed by atoms with van der Waals surface area (Å²) < 4.78 is 11.2. The molecular weight excluding hydrogens is 450 g/mol. The van der Waals surface area contributed by atoms with Crippen molar-refractivity contribution in [3.8, 4) is 0 Å². The van der Waals surface area contributed by atoms with E-state index in [4.69, 9.17) is 9.47 Å². The third-order valence-electron chi connectivity index (χ3n) is 6.93. The van der Waals surface area contributed by atoms with Gasteiger partial charge in [-0.2, -0.15) is 0 Å². The van der Waals surface area contributed by atoms with Crippen LogP contribution in [-0.2, 0) is 28.7 Å². The minimum Gasteiger partial charge on any atom is -0.457 e. The molecule has 2 rings (SSSR count). The first-order chi connectivity index (χ1) is 16.6. The number of cyclic esters (lactones) is 1. The summed E-state index contributed by atoms with van der Waals surface area (Å²) in [6.45, 7) is 5.45. The Bertz CT molecular complexity index is 802. The summed E-state index contributed by atoms with van der Waals surface area (Å²) in [6.07, 6.45) is 8.33. The first-order valence-corrected chi connectivity index (χ1v) is 12.7. The van der Waals surface area contributed by atoms with E-state index < -0.39 is 24.2 Å². The Labute approximate surface area is 208 Å². The molecule has 8 nitrogen and oxygen atoms in total. The summed E-state index contributed by atoms with van der Waals surface area (Å²) in [5.74, 6) is -1.78. The standard InChI is InChI=1S/C27H41NO7/c1-17-14-18(2)27(35-25(32)13-8-6-5-7-12-22(34-4)26(17)33)19(3)21(29)11-9-10-20-15-23(30)28-24(31)16-20/h7,12,14,17,19-20,22,26-27,33H,5-6,8-11,13,15-16H2,1-4H3,(H,28,30,31)/t17-,19-,22-,26+,27+/m0/s1. The van der Waals surface area contributed by atoms with Gasteiger partial charge in [0.15, 0.2) is 0 Å². The Morgan fingerprint density at radius 1 is 1.23 bits per heavy atom. The largest absolute Gasteiger partial charge is 0.457 e. The molecule has 2 aliphatic heterocycles. The summed E-state index contributed by atoms with van der Waals surface area (Å²) in [4.78, 5) is 48.7. The third kappa shape index (κ3) is 9.33. The molecule has 0 saturated carbocycles. The number of rotatable bonds is 7. The number of esters is 1. The highest BCUT2D eigenvalue weighted by atomic mass is 16.5. The number of aliphatic hydroxyl groups is 1. The molecule has 2 amide bonds. The van der Waals surface area contributed by atoms with Gasteiger partial charge in [-0.05, 0) is 50.5 Å². The van der Waals surface area contributed by atoms with E-state index in [0.717, 1.165) is 18.4 Å². The van der Waals surface area contributed by atoms with Gasteiger partial charge in [0, 0.05) is 38.7 Å². The zero-order valence-corrected chi connectivity index (χ0v) is 21.5. The van der Waals surface area contributed by atoms with Crippen molar-refractivity contribution >= 4 is 23.6 Å². The van der Waals surface area contributed by atoms with Crippen molar-refractivity contribution in [1.29, 1.82) is 0 Å². The van der Waals surface area contributed by atoms with Crippen LogP contribution in [0.1, 0.15) is 78.6 Å². The van der Waals surface area contributed by atoms with Crippen LogP contribution in [-0.4, -0.2) is 54.1 Å². The van der Waals surface area contributed by atoms with Crippen molar-refractivity contribution in [1.82, 2.24) is 5.32 Å². The van der Waals surface area contributed by atoms with Crippen LogP contribution < -0.4 is 5.32 Å². The van der Waals surface area contributed by atoms with Crippen LogP contribution in [0.25, 0.3) is 0 Å². The van der Waals surface area contributed by atoms with Crippen LogP contribution in [0, 0.1) is 17.8 Å². The molecule has 2 N–H and O–H groups in total. The molecule has 1 fully saturated rings. The molecule has 0 radical (unpaired) electrons. The second-order valence-corrected chi connectivity index (χ2v) is 9.94. The molecular formula is C27H41NO7. The van der Waals surface area contributed by atoms with Gasteiger partial charge in [-0.25, -0.2) is 0 Å². The van der Waals surface area contributed by atoms with Crippen molar-refractivity contribution in [3.05, 3.63) is 23.8 Å². The number of methoxy groups -OCH3 is 1. The summed E-state index contributed by atoms with van der Waals surface area (Å²) in [5.41, 5.74) is 0.719. The molecule has 5 atom stereocenters. The molecule has 2 aliphatic rings. The Balaban J connectivity index is 2.09. The smallest absolute Gasteiger partial charge is 0.306 e. The van der Waals surface area contributed by atoms with E-state index >= 15 is 0 Å². The first kappa shape index (κ1) is 28.9. The molecule has 0 aromatic rings. The van der Waals surface area contributed by atoms with Crippen LogP contribution in [0.15, 0.2) is 23.8 Å². The van der Waals surface area contributed by atoms with Crippen LogP contribution in [0.4, 0.5) is 0 Å². The van der Waals surface area contributed by atoms with Gasteiger partial charge >= 0.3 is 5.97 Å². The zero-order valence-electron chi connectivity index (χ0n) is 21.5. The number of ether oxygens (including phenoxy) is 2. The van der Waals surface area contributed by atoms with Gasteiger partial charge in [-0.15, -0.1) is 0 Å². The van der Waals surface area contributed by atoms with Crippen molar-refractivity contribution in [2.45, 2.75) is 96.9 Å². The van der Waals surface area contributed by atoms with Crippen LogP contribution >= 0.6 is 0 Å². The lowest BCUT2D eigenvalue weighted by molar-refractivity contribution is -0.151. The van der Waals surface area contributed by atoms with Crippen molar-refractivity contribution in [3.63, 3.8) is 0 Å². The minimum atomic E-state index is -0.785. The molecule has 8 heteroatoms. The van der Waals surface area contributed by atoms with Crippen molar-refractivity contribution in [2.24, 2.45) is 17.8 Å². The monoisotopic (exact) mass is 491 g/mol. The quantitative estimate of drug-likeness (QED) is 0.318. The van der Waals surface area contributed by atoms with E-state index in [0.29, 0.717) is 32.1 Å². The molecule has 0 unspecified atom stereocenters. The highest BCUT2D eigenvalue weighted by molar-refractivity contribution is 5.97. The number of amides is 2. The van der Waals surface area contributed by atoms with E-state index in [1.165, 1.54) is 0 Å². The Morgan fingerprint density at radius 3 is 2.57 bits per heavy atom. The lowest BCUT2D eigenvalue weighted by Crippen LogP contribution is -2.38. The Kier molecular flexibility index (Phi) is 11.8. The molecule has 0 aromatic heterocycles. The lowest BCUT2D eigenvalue weighted by atomic mass is 9.86. The van der Waals surface area contributed by atoms with Crippen LogP contribution in [0.5, 0.6) is 0 Å². The molecule has 0 aromatic carbocycles. The number of nitrogens with one attached hydrogen (secondary N) is 1. The van der Waals surface area contributed by atoms with Crippen LogP contribution in [0.2, 0.25) is 0 Å². The number of ketones is 1. The zero-order chi connectivity index (χ0) is 26.0. The fraction of sp³-hybridized carbons (Fsp3) is 0.704. The van der Waals surface area contributed by atoms with Crippen LogP contribution in [0.3, 0.4) is 0 Å². The van der Waals surface area contributed by atoms with Gasteiger partial charge in [-0.1, -0.05) is 32.1 Å². The highest BCUT2D eigenvalue weighted by Gasteiger charge is 2.31. The SMILES string of the molecule is CO[C@H]1C=CCCCCC(=O)O[C@@H]([C@@H](C)C(=O)CCCC2CC(=O)NC(=O)C2)C(C)=C[C@H](C)[C@H]1O. The van der Waals surface area contributed by atoms with Gasteiger partial charge in [0.25, 0.3) is 0 Å². The first-order valence-electron chi connectivity index (χ1n) is 12.7. The van der Waals surface area contributed by atoms with Gasteiger partial charge in [0.2, 0.25) is 11.8 Å². The number of carbonyl (C=O) groups is 4. The van der Waals surface area contributed by atoms with E-state index in [-0.39, 0.29) is 48.2 Å². The predicted molar refractivity (Wildman–Crippen MR) is 131 cm³/mol. The lowest BCUT2D eigenvalue weighted by Gasteiger charge is -2.28. The Morgan fingerprint density at radius 2 is 1.91 bits per heavy atom. The van der Waals surface area contributed by atoms with E-state index in [1.807, 2.05) is 32.1 Å². The fourth-order valence-electron chi connectivity index (χ4n) is 4.81. The number of hydrogen-bond donors (Lipinski definition) is 2. The number of piperidine rings is 1. The third-order valence-corrected chi connectivity index (χ3v) is 6.93. The van der Waals surface area contributed by atoms with Gasteiger partial charge < -0.3 is 14.6 Å². The highest BCUT2D eigenvalue weighted by Crippen LogP contribution is 2.26. The second kappa shape index (κ2) is 14.3. The maximum atomic E-state index is 13.0. The molecule has 35 heavy (non-hydrogen) atoms. The number of hydrogen-bond acceptors (Lipinski definition) is 7. The number of allylic oxidation sites excluding steroid dienone is 1. The average molecular weight is 492 g/mol. The van der Waals surface area contributed by atoms with Gasteiger partial charge in [0.1, 0.15) is 18.0 Å². The predicted octanol–water partition coefficient (Wildman–Crippen LogP) is 3.42. The van der Waals surface area contributed by atoms with Gasteiger partial charge in [-0.3, -0.25) is 24.5 Å². The fourth-order valence-corrected chi connectivity index (χ4v) is 4.81. The van der Waals surface area contributed by atoms with Crippen molar-refractivity contribution in [2.75, 3.05) is 7.11 Å². The summed E-state index contributed by atoms with van der Waals surface area (Å²) >= 11 is 0. The second-order valence-electron chi connectivity index (χ2n) is 9.94. The molecule has 0 bridgehead atoms. The number of aliphatic hydroxyl groups excluding tert-OH is 1. The summed E-state index contributed by atoms with van der Waals surface area (Å²) in [6, 6.07) is 0. The number of carbonyl (C=O) groups excluding carboxylic acids is 4. The molecule has 1 saturated heterocycles. The average Bonchev–Trinajstić information content (AvgIpc) is 2.79. The van der Waals surface area contributed by atoms with E-state index in [1.54, 1.807) is 14.0 Å². The summed E-state index contributed by atoms with van der Waals surface area (Å²) in [7, 11) is 1.56. The van der Waals surface area contributed by atoms with E-state index in [2.05, 4.69) is 5.32 Å². The molecule has 196 valence electrons. The topological polar surface area (TPSA) is 119 Å². The summed E-state index contributed by atoms with van der Waals surface area (Å²) in [5, 5.41) is 13.1.